The first-order valence-corrected chi connectivity index (χ1v) is 7.76. The SMILES string of the molecule is Cc1cccc(C)c1NC(=O)c1csc(-c2ccncc2)n1. The van der Waals surface area contributed by atoms with E-state index in [1.807, 2.05) is 44.2 Å². The average molecular weight is 309 g/mol. The molecular formula is C17H15N3OS. The third-order valence-electron chi connectivity index (χ3n) is 3.38. The molecule has 0 bridgehead atoms. The quantitative estimate of drug-likeness (QED) is 0.793. The molecule has 1 N–H and O–H groups in total. The van der Waals surface area contributed by atoms with Crippen LogP contribution >= 0.6 is 11.3 Å². The number of nitrogens with zero attached hydrogens (tertiary/aromatic N) is 2. The van der Waals surface area contributed by atoms with Gasteiger partial charge in [0.15, 0.2) is 0 Å². The zero-order chi connectivity index (χ0) is 15.5. The first kappa shape index (κ1) is 14.4. The van der Waals surface area contributed by atoms with Gasteiger partial charge in [-0.3, -0.25) is 9.78 Å². The molecule has 2 heterocycles. The van der Waals surface area contributed by atoms with Crippen molar-refractivity contribution in [1.29, 1.82) is 0 Å². The molecule has 3 rings (SSSR count). The number of aryl methyl sites for hydroxylation is 2. The van der Waals surface area contributed by atoms with Crippen molar-refractivity contribution < 1.29 is 4.79 Å². The maximum atomic E-state index is 12.4. The maximum absolute atomic E-state index is 12.4. The van der Waals surface area contributed by atoms with E-state index in [2.05, 4.69) is 15.3 Å². The molecule has 0 fully saturated rings. The van der Waals surface area contributed by atoms with E-state index in [1.54, 1.807) is 17.8 Å². The first-order chi connectivity index (χ1) is 10.6. The predicted octanol–water partition coefficient (Wildman–Crippen LogP) is 4.07. The summed E-state index contributed by atoms with van der Waals surface area (Å²) in [7, 11) is 0. The molecule has 1 aromatic carbocycles. The van der Waals surface area contributed by atoms with E-state index in [1.165, 1.54) is 11.3 Å². The summed E-state index contributed by atoms with van der Waals surface area (Å²) in [5, 5.41) is 5.54. The summed E-state index contributed by atoms with van der Waals surface area (Å²) in [6.45, 7) is 3.96. The maximum Gasteiger partial charge on any atom is 0.275 e. The minimum atomic E-state index is -0.186. The van der Waals surface area contributed by atoms with E-state index < -0.39 is 0 Å². The average Bonchev–Trinajstić information content (AvgIpc) is 3.02. The molecule has 4 nitrogen and oxygen atoms in total. The van der Waals surface area contributed by atoms with E-state index in [-0.39, 0.29) is 5.91 Å². The molecule has 2 aromatic heterocycles. The number of benzene rings is 1. The number of rotatable bonds is 3. The van der Waals surface area contributed by atoms with Crippen LogP contribution in [0.2, 0.25) is 0 Å². The van der Waals surface area contributed by atoms with Gasteiger partial charge in [0, 0.05) is 29.0 Å². The molecule has 0 radical (unpaired) electrons. The Hall–Kier alpha value is -2.53. The highest BCUT2D eigenvalue weighted by atomic mass is 32.1. The van der Waals surface area contributed by atoms with Gasteiger partial charge in [-0.2, -0.15) is 0 Å². The number of para-hydroxylation sites is 1. The van der Waals surface area contributed by atoms with Crippen molar-refractivity contribution in [1.82, 2.24) is 9.97 Å². The molecule has 0 saturated heterocycles. The van der Waals surface area contributed by atoms with Gasteiger partial charge in [-0.15, -0.1) is 11.3 Å². The van der Waals surface area contributed by atoms with E-state index in [9.17, 15) is 4.79 Å². The molecule has 0 atom stereocenters. The van der Waals surface area contributed by atoms with Crippen LogP contribution in [-0.4, -0.2) is 15.9 Å². The summed E-state index contributed by atoms with van der Waals surface area (Å²) in [6.07, 6.45) is 3.43. The lowest BCUT2D eigenvalue weighted by Crippen LogP contribution is -2.14. The molecule has 1 amide bonds. The second-order valence-corrected chi connectivity index (χ2v) is 5.85. The highest BCUT2D eigenvalue weighted by Crippen LogP contribution is 2.24. The number of anilines is 1. The number of aromatic nitrogens is 2. The third-order valence-corrected chi connectivity index (χ3v) is 4.28. The summed E-state index contributed by atoms with van der Waals surface area (Å²) in [5.74, 6) is -0.186. The minimum Gasteiger partial charge on any atom is -0.320 e. The second-order valence-electron chi connectivity index (χ2n) is 4.99. The van der Waals surface area contributed by atoms with Gasteiger partial charge in [0.05, 0.1) is 0 Å². The molecule has 0 saturated carbocycles. The van der Waals surface area contributed by atoms with Gasteiger partial charge in [0.1, 0.15) is 10.7 Å². The van der Waals surface area contributed by atoms with Crippen LogP contribution in [0.3, 0.4) is 0 Å². The fourth-order valence-electron chi connectivity index (χ4n) is 2.19. The molecule has 0 unspecified atom stereocenters. The van der Waals surface area contributed by atoms with Gasteiger partial charge in [-0.05, 0) is 37.1 Å². The molecule has 5 heteroatoms. The lowest BCUT2D eigenvalue weighted by Gasteiger charge is -2.10. The van der Waals surface area contributed by atoms with Crippen LogP contribution < -0.4 is 5.32 Å². The lowest BCUT2D eigenvalue weighted by atomic mass is 10.1. The van der Waals surface area contributed by atoms with Crippen LogP contribution in [0.5, 0.6) is 0 Å². The number of hydrogen-bond acceptors (Lipinski definition) is 4. The van der Waals surface area contributed by atoms with Gasteiger partial charge in [-0.1, -0.05) is 18.2 Å². The number of hydrogen-bond donors (Lipinski definition) is 1. The molecule has 0 aliphatic rings. The van der Waals surface area contributed by atoms with Gasteiger partial charge in [0.2, 0.25) is 0 Å². The Morgan fingerprint density at radius 2 is 1.77 bits per heavy atom. The van der Waals surface area contributed by atoms with Crippen molar-refractivity contribution in [3.05, 3.63) is 64.9 Å². The van der Waals surface area contributed by atoms with Gasteiger partial charge in [-0.25, -0.2) is 4.98 Å². The topological polar surface area (TPSA) is 54.9 Å². The van der Waals surface area contributed by atoms with Crippen molar-refractivity contribution in [2.45, 2.75) is 13.8 Å². The molecule has 110 valence electrons. The van der Waals surface area contributed by atoms with Crippen LogP contribution in [0.1, 0.15) is 21.6 Å². The molecule has 0 aliphatic carbocycles. The summed E-state index contributed by atoms with van der Waals surface area (Å²) >= 11 is 1.45. The predicted molar refractivity (Wildman–Crippen MR) is 89.2 cm³/mol. The van der Waals surface area contributed by atoms with E-state index in [4.69, 9.17) is 0 Å². The lowest BCUT2D eigenvalue weighted by molar-refractivity contribution is 0.102. The smallest absolute Gasteiger partial charge is 0.275 e. The summed E-state index contributed by atoms with van der Waals surface area (Å²) < 4.78 is 0. The Morgan fingerprint density at radius 1 is 1.09 bits per heavy atom. The number of pyridine rings is 1. The summed E-state index contributed by atoms with van der Waals surface area (Å²) in [6, 6.07) is 9.70. The Balaban J connectivity index is 1.83. The normalized spacial score (nSPS) is 10.5. The molecule has 3 aromatic rings. The Kier molecular flexibility index (Phi) is 3.98. The highest BCUT2D eigenvalue weighted by molar-refractivity contribution is 7.13. The number of thiazole rings is 1. The molecule has 0 spiro atoms. The van der Waals surface area contributed by atoms with Gasteiger partial charge >= 0.3 is 0 Å². The fraction of sp³-hybridized carbons (Fsp3) is 0.118. The van der Waals surface area contributed by atoms with E-state index in [0.717, 1.165) is 27.4 Å². The van der Waals surface area contributed by atoms with Crippen molar-refractivity contribution in [3.8, 4) is 10.6 Å². The van der Waals surface area contributed by atoms with E-state index in [0.29, 0.717) is 5.69 Å². The Bertz CT molecular complexity index is 792. The van der Waals surface area contributed by atoms with Gasteiger partial charge in [0.25, 0.3) is 5.91 Å². The molecule has 0 aliphatic heterocycles. The Morgan fingerprint density at radius 3 is 2.45 bits per heavy atom. The third kappa shape index (κ3) is 2.89. The second kappa shape index (κ2) is 6.07. The standard InChI is InChI=1S/C17H15N3OS/c1-11-4-3-5-12(2)15(11)20-16(21)14-10-22-17(19-14)13-6-8-18-9-7-13/h3-10H,1-2H3,(H,20,21). The van der Waals surface area contributed by atoms with Crippen molar-refractivity contribution in [3.63, 3.8) is 0 Å². The summed E-state index contributed by atoms with van der Waals surface area (Å²) in [5.41, 5.74) is 4.33. The number of nitrogens with one attached hydrogen (secondary N) is 1. The zero-order valence-electron chi connectivity index (χ0n) is 12.3. The Labute approximate surface area is 132 Å². The monoisotopic (exact) mass is 309 g/mol. The fourth-order valence-corrected chi connectivity index (χ4v) is 3.00. The summed E-state index contributed by atoms with van der Waals surface area (Å²) in [4.78, 5) is 20.8. The van der Waals surface area contributed by atoms with Crippen LogP contribution in [0.4, 0.5) is 5.69 Å². The van der Waals surface area contributed by atoms with Crippen molar-refractivity contribution >= 4 is 22.9 Å². The van der Waals surface area contributed by atoms with Gasteiger partial charge < -0.3 is 5.32 Å². The molecule has 22 heavy (non-hydrogen) atoms. The minimum absolute atomic E-state index is 0.186. The molecular weight excluding hydrogens is 294 g/mol. The number of amides is 1. The van der Waals surface area contributed by atoms with Crippen LogP contribution in [-0.2, 0) is 0 Å². The van der Waals surface area contributed by atoms with E-state index >= 15 is 0 Å². The largest absolute Gasteiger partial charge is 0.320 e. The first-order valence-electron chi connectivity index (χ1n) is 6.88. The van der Waals surface area contributed by atoms with Crippen molar-refractivity contribution in [2.75, 3.05) is 5.32 Å². The highest BCUT2D eigenvalue weighted by Gasteiger charge is 2.14. The van der Waals surface area contributed by atoms with Crippen LogP contribution in [0, 0.1) is 13.8 Å². The van der Waals surface area contributed by atoms with Crippen molar-refractivity contribution in [2.24, 2.45) is 0 Å². The zero-order valence-corrected chi connectivity index (χ0v) is 13.1. The number of carbonyl (C=O) groups is 1. The van der Waals surface area contributed by atoms with Crippen LogP contribution in [0.15, 0.2) is 48.1 Å². The van der Waals surface area contributed by atoms with Crippen LogP contribution in [0.25, 0.3) is 10.6 Å². The number of carbonyl (C=O) groups excluding carboxylic acids is 1.